The second kappa shape index (κ2) is 4.97. The van der Waals surface area contributed by atoms with Crippen LogP contribution in [0.4, 0.5) is 20.4 Å². The van der Waals surface area contributed by atoms with Crippen molar-refractivity contribution < 1.29 is 18.7 Å². The fourth-order valence-electron chi connectivity index (χ4n) is 1.44. The third kappa shape index (κ3) is 3.01. The SMILES string of the molecule is Cc1cc(C(=O)O)nc(Nc2ccc(F)c(F)c2)n1. The number of carboxylic acids is 1. The maximum absolute atomic E-state index is 13.0. The molecule has 2 aromatic rings. The van der Waals surface area contributed by atoms with Gasteiger partial charge in [0.05, 0.1) is 0 Å². The lowest BCUT2D eigenvalue weighted by atomic mass is 10.3. The van der Waals surface area contributed by atoms with Gasteiger partial charge in [0, 0.05) is 17.4 Å². The lowest BCUT2D eigenvalue weighted by Gasteiger charge is -2.06. The van der Waals surface area contributed by atoms with Gasteiger partial charge in [-0.2, -0.15) is 0 Å². The van der Waals surface area contributed by atoms with Gasteiger partial charge in [0.1, 0.15) is 0 Å². The minimum absolute atomic E-state index is 0.00316. The van der Waals surface area contributed by atoms with Crippen molar-refractivity contribution in [3.63, 3.8) is 0 Å². The number of carboxylic acid groups (broad SMARTS) is 1. The average Bonchev–Trinajstić information content (AvgIpc) is 2.33. The molecule has 0 atom stereocenters. The maximum Gasteiger partial charge on any atom is 0.354 e. The summed E-state index contributed by atoms with van der Waals surface area (Å²) < 4.78 is 25.8. The van der Waals surface area contributed by atoms with Crippen molar-refractivity contribution in [1.82, 2.24) is 9.97 Å². The van der Waals surface area contributed by atoms with Gasteiger partial charge < -0.3 is 10.4 Å². The van der Waals surface area contributed by atoms with E-state index in [2.05, 4.69) is 15.3 Å². The quantitative estimate of drug-likeness (QED) is 0.891. The monoisotopic (exact) mass is 265 g/mol. The number of benzene rings is 1. The molecule has 7 heteroatoms. The van der Waals surface area contributed by atoms with Crippen LogP contribution in [0.15, 0.2) is 24.3 Å². The Morgan fingerprint density at radius 2 is 1.95 bits per heavy atom. The Morgan fingerprint density at radius 3 is 2.58 bits per heavy atom. The molecule has 0 bridgehead atoms. The van der Waals surface area contributed by atoms with E-state index in [1.54, 1.807) is 6.92 Å². The Bertz CT molecular complexity index is 647. The molecule has 0 fully saturated rings. The molecule has 1 aromatic carbocycles. The maximum atomic E-state index is 13.0. The standard InChI is InChI=1S/C12H9F2N3O2/c1-6-4-10(11(18)19)17-12(15-6)16-7-2-3-8(13)9(14)5-7/h2-5H,1H3,(H,18,19)(H,15,16,17). The normalized spacial score (nSPS) is 10.3. The number of aromatic nitrogens is 2. The molecule has 0 spiro atoms. The van der Waals surface area contributed by atoms with E-state index in [-0.39, 0.29) is 17.3 Å². The minimum atomic E-state index is -1.20. The molecule has 0 aliphatic heterocycles. The van der Waals surface area contributed by atoms with Crippen LogP contribution in [0.2, 0.25) is 0 Å². The zero-order valence-electron chi connectivity index (χ0n) is 9.82. The van der Waals surface area contributed by atoms with Gasteiger partial charge in [0.2, 0.25) is 5.95 Å². The number of halogens is 2. The van der Waals surface area contributed by atoms with E-state index in [1.807, 2.05) is 0 Å². The van der Waals surface area contributed by atoms with Crippen LogP contribution in [-0.2, 0) is 0 Å². The van der Waals surface area contributed by atoms with Crippen molar-refractivity contribution in [2.75, 3.05) is 5.32 Å². The van der Waals surface area contributed by atoms with Gasteiger partial charge in [-0.3, -0.25) is 0 Å². The van der Waals surface area contributed by atoms with E-state index in [0.29, 0.717) is 5.69 Å². The lowest BCUT2D eigenvalue weighted by molar-refractivity contribution is 0.0690. The molecule has 0 saturated carbocycles. The predicted molar refractivity (Wildman–Crippen MR) is 63.4 cm³/mol. The summed E-state index contributed by atoms with van der Waals surface area (Å²) >= 11 is 0. The van der Waals surface area contributed by atoms with Gasteiger partial charge in [0.25, 0.3) is 0 Å². The fraction of sp³-hybridized carbons (Fsp3) is 0.0833. The van der Waals surface area contributed by atoms with Crippen molar-refractivity contribution in [3.8, 4) is 0 Å². The summed E-state index contributed by atoms with van der Waals surface area (Å²) in [6.07, 6.45) is 0. The topological polar surface area (TPSA) is 75.1 Å². The number of hydrogen-bond donors (Lipinski definition) is 2. The van der Waals surface area contributed by atoms with Crippen molar-refractivity contribution in [1.29, 1.82) is 0 Å². The first-order valence-corrected chi connectivity index (χ1v) is 5.27. The van der Waals surface area contributed by atoms with Crippen LogP contribution < -0.4 is 5.32 Å². The van der Waals surface area contributed by atoms with E-state index in [4.69, 9.17) is 5.11 Å². The summed E-state index contributed by atoms with van der Waals surface area (Å²) in [5, 5.41) is 11.5. The molecular weight excluding hydrogens is 256 g/mol. The molecular formula is C12H9F2N3O2. The molecule has 0 saturated heterocycles. The molecule has 1 heterocycles. The zero-order valence-corrected chi connectivity index (χ0v) is 9.82. The Hall–Kier alpha value is -2.57. The number of nitrogens with zero attached hydrogens (tertiary/aromatic N) is 2. The van der Waals surface area contributed by atoms with Gasteiger partial charge in [-0.05, 0) is 25.1 Å². The summed E-state index contributed by atoms with van der Waals surface area (Å²) in [5.41, 5.74) is 0.482. The molecule has 2 N–H and O–H groups in total. The average molecular weight is 265 g/mol. The Kier molecular flexibility index (Phi) is 3.37. The van der Waals surface area contributed by atoms with Crippen molar-refractivity contribution in [2.24, 2.45) is 0 Å². The summed E-state index contributed by atoms with van der Waals surface area (Å²) in [7, 11) is 0. The van der Waals surface area contributed by atoms with E-state index < -0.39 is 17.6 Å². The number of aromatic carboxylic acids is 1. The third-order valence-electron chi connectivity index (χ3n) is 2.25. The highest BCUT2D eigenvalue weighted by Gasteiger charge is 2.09. The van der Waals surface area contributed by atoms with Gasteiger partial charge in [-0.25, -0.2) is 23.5 Å². The highest BCUT2D eigenvalue weighted by Crippen LogP contribution is 2.17. The summed E-state index contributed by atoms with van der Waals surface area (Å²) in [4.78, 5) is 18.5. The molecule has 2 rings (SSSR count). The van der Waals surface area contributed by atoms with Crippen molar-refractivity contribution >= 4 is 17.6 Å². The molecule has 0 amide bonds. The third-order valence-corrected chi connectivity index (χ3v) is 2.25. The van der Waals surface area contributed by atoms with Crippen LogP contribution in [0.3, 0.4) is 0 Å². The second-order valence-corrected chi connectivity index (χ2v) is 3.78. The Labute approximate surface area is 106 Å². The number of nitrogens with one attached hydrogen (secondary N) is 1. The smallest absolute Gasteiger partial charge is 0.354 e. The number of carbonyl (C=O) groups is 1. The molecule has 1 aromatic heterocycles. The first-order valence-electron chi connectivity index (χ1n) is 5.27. The van der Waals surface area contributed by atoms with Gasteiger partial charge >= 0.3 is 5.97 Å². The summed E-state index contributed by atoms with van der Waals surface area (Å²) in [6, 6.07) is 4.48. The molecule has 0 aliphatic rings. The van der Waals surface area contributed by atoms with Gasteiger partial charge in [-0.15, -0.1) is 0 Å². The highest BCUT2D eigenvalue weighted by atomic mass is 19.2. The van der Waals surface area contributed by atoms with Crippen LogP contribution in [-0.4, -0.2) is 21.0 Å². The van der Waals surface area contributed by atoms with E-state index >= 15 is 0 Å². The molecule has 98 valence electrons. The van der Waals surface area contributed by atoms with E-state index in [0.717, 1.165) is 12.1 Å². The summed E-state index contributed by atoms with van der Waals surface area (Å²) in [5.74, 6) is -3.18. The Morgan fingerprint density at radius 1 is 1.21 bits per heavy atom. The summed E-state index contributed by atoms with van der Waals surface area (Å²) in [6.45, 7) is 1.60. The fourth-order valence-corrected chi connectivity index (χ4v) is 1.44. The zero-order chi connectivity index (χ0) is 14.0. The number of anilines is 2. The van der Waals surface area contributed by atoms with Crippen LogP contribution in [0.25, 0.3) is 0 Å². The molecule has 5 nitrogen and oxygen atoms in total. The van der Waals surface area contributed by atoms with E-state index in [1.165, 1.54) is 12.1 Å². The number of aryl methyl sites for hydroxylation is 1. The first kappa shape index (κ1) is 12.9. The van der Waals surface area contributed by atoms with Crippen LogP contribution >= 0.6 is 0 Å². The van der Waals surface area contributed by atoms with Crippen molar-refractivity contribution in [3.05, 3.63) is 47.3 Å². The van der Waals surface area contributed by atoms with Crippen LogP contribution in [0.1, 0.15) is 16.2 Å². The van der Waals surface area contributed by atoms with Gasteiger partial charge in [0.15, 0.2) is 17.3 Å². The molecule has 19 heavy (non-hydrogen) atoms. The lowest BCUT2D eigenvalue weighted by Crippen LogP contribution is -2.06. The van der Waals surface area contributed by atoms with Crippen LogP contribution in [0, 0.1) is 18.6 Å². The number of hydrogen-bond acceptors (Lipinski definition) is 4. The molecule has 0 unspecified atom stereocenters. The second-order valence-electron chi connectivity index (χ2n) is 3.78. The highest BCUT2D eigenvalue weighted by molar-refractivity contribution is 5.85. The largest absolute Gasteiger partial charge is 0.477 e. The van der Waals surface area contributed by atoms with Crippen molar-refractivity contribution in [2.45, 2.75) is 6.92 Å². The molecule has 0 radical (unpaired) electrons. The Balaban J connectivity index is 2.32. The first-order chi connectivity index (χ1) is 8.95. The number of rotatable bonds is 3. The van der Waals surface area contributed by atoms with Gasteiger partial charge in [-0.1, -0.05) is 0 Å². The predicted octanol–water partition coefficient (Wildman–Crippen LogP) is 2.51. The van der Waals surface area contributed by atoms with Crippen LogP contribution in [0.5, 0.6) is 0 Å². The molecule has 0 aliphatic carbocycles. The van der Waals surface area contributed by atoms with E-state index in [9.17, 15) is 13.6 Å². The minimum Gasteiger partial charge on any atom is -0.477 e.